The van der Waals surface area contributed by atoms with Crippen LogP contribution in [-0.4, -0.2) is 24.4 Å². The maximum atomic E-state index is 13.3. The molecule has 0 fully saturated rings. The Morgan fingerprint density at radius 3 is 2.55 bits per heavy atom. The van der Waals surface area contributed by atoms with Crippen LogP contribution in [-0.2, 0) is 4.79 Å². The van der Waals surface area contributed by atoms with Crippen molar-refractivity contribution in [2.24, 2.45) is 5.73 Å². The highest BCUT2D eigenvalue weighted by Gasteiger charge is 2.25. The van der Waals surface area contributed by atoms with Crippen molar-refractivity contribution in [1.29, 1.82) is 0 Å². The molecule has 0 heterocycles. The van der Waals surface area contributed by atoms with Gasteiger partial charge in [-0.1, -0.05) is 48.0 Å². The molecule has 0 radical (unpaired) electrons. The van der Waals surface area contributed by atoms with Gasteiger partial charge in [-0.2, -0.15) is 0 Å². The van der Waals surface area contributed by atoms with E-state index in [0.717, 1.165) is 5.56 Å². The van der Waals surface area contributed by atoms with Crippen LogP contribution in [0.1, 0.15) is 23.6 Å². The van der Waals surface area contributed by atoms with E-state index in [9.17, 15) is 9.18 Å². The molecule has 2 rings (SSSR count). The number of amides is 1. The Balaban J connectivity index is 2.48. The lowest BCUT2D eigenvalue weighted by atomic mass is 9.97. The topological polar surface area (TPSA) is 46.3 Å². The Morgan fingerprint density at radius 2 is 1.95 bits per heavy atom. The van der Waals surface area contributed by atoms with Crippen LogP contribution in [0.5, 0.6) is 0 Å². The molecule has 22 heavy (non-hydrogen) atoms. The molecule has 2 aromatic carbocycles. The molecular weight excluding hydrogens is 303 g/mol. The predicted octanol–water partition coefficient (Wildman–Crippen LogP) is 3.38. The van der Waals surface area contributed by atoms with Crippen molar-refractivity contribution < 1.29 is 9.18 Å². The summed E-state index contributed by atoms with van der Waals surface area (Å²) < 4.78 is 13.3. The fraction of sp³-hybridized carbons (Fsp3) is 0.235. The number of benzene rings is 2. The van der Waals surface area contributed by atoms with Gasteiger partial charge in [0.2, 0.25) is 5.91 Å². The van der Waals surface area contributed by atoms with Crippen LogP contribution in [0.2, 0.25) is 5.02 Å². The summed E-state index contributed by atoms with van der Waals surface area (Å²) >= 11 is 6.20. The predicted molar refractivity (Wildman–Crippen MR) is 86.1 cm³/mol. The van der Waals surface area contributed by atoms with Gasteiger partial charge in [0.15, 0.2) is 0 Å². The first-order valence-corrected chi connectivity index (χ1v) is 7.38. The third-order valence-electron chi connectivity index (χ3n) is 3.51. The van der Waals surface area contributed by atoms with Gasteiger partial charge in [-0.05, 0) is 23.3 Å². The number of carbonyl (C=O) groups is 1. The number of halogens is 2. The standard InChI is InChI=1S/C17H18ClFN2O/c1-21(16(22)9-10-20)17(12-5-3-2-4-6-12)14-8-7-13(19)11-15(14)18/h2-8,11,17H,9-10,20H2,1H3/t17-/m0/s1. The normalized spacial score (nSPS) is 12.0. The molecule has 0 aliphatic carbocycles. The first-order chi connectivity index (χ1) is 10.5. The maximum absolute atomic E-state index is 13.3. The fourth-order valence-electron chi connectivity index (χ4n) is 2.41. The van der Waals surface area contributed by atoms with Gasteiger partial charge < -0.3 is 10.6 Å². The monoisotopic (exact) mass is 320 g/mol. The van der Waals surface area contributed by atoms with E-state index in [-0.39, 0.29) is 24.9 Å². The molecular formula is C17H18ClFN2O. The molecule has 0 spiro atoms. The number of hydrogen-bond donors (Lipinski definition) is 1. The van der Waals surface area contributed by atoms with E-state index >= 15 is 0 Å². The first-order valence-electron chi connectivity index (χ1n) is 7.00. The van der Waals surface area contributed by atoms with Gasteiger partial charge >= 0.3 is 0 Å². The molecule has 0 aromatic heterocycles. The van der Waals surface area contributed by atoms with Gasteiger partial charge in [0.05, 0.1) is 6.04 Å². The van der Waals surface area contributed by atoms with Crippen molar-refractivity contribution in [3.05, 3.63) is 70.5 Å². The lowest BCUT2D eigenvalue weighted by Crippen LogP contribution is -2.33. The molecule has 116 valence electrons. The van der Waals surface area contributed by atoms with Crippen LogP contribution in [0.25, 0.3) is 0 Å². The molecule has 1 amide bonds. The molecule has 0 saturated heterocycles. The van der Waals surface area contributed by atoms with Gasteiger partial charge in [-0.25, -0.2) is 4.39 Å². The summed E-state index contributed by atoms with van der Waals surface area (Å²) in [5.74, 6) is -0.492. The summed E-state index contributed by atoms with van der Waals surface area (Å²) in [7, 11) is 1.70. The molecule has 2 aromatic rings. The average Bonchev–Trinajstić information content (AvgIpc) is 2.51. The van der Waals surface area contributed by atoms with Crippen molar-refractivity contribution in [2.75, 3.05) is 13.6 Å². The summed E-state index contributed by atoms with van der Waals surface area (Å²) in [4.78, 5) is 13.8. The second kappa shape index (κ2) is 7.38. The van der Waals surface area contributed by atoms with Gasteiger partial charge in [0.1, 0.15) is 5.82 Å². The molecule has 0 unspecified atom stereocenters. The van der Waals surface area contributed by atoms with E-state index in [1.807, 2.05) is 30.3 Å². The second-order valence-corrected chi connectivity index (χ2v) is 5.43. The first kappa shape index (κ1) is 16.5. The minimum Gasteiger partial charge on any atom is -0.335 e. The molecule has 0 saturated carbocycles. The van der Waals surface area contributed by atoms with Crippen LogP contribution in [0, 0.1) is 5.82 Å². The van der Waals surface area contributed by atoms with Crippen molar-refractivity contribution in [1.82, 2.24) is 4.90 Å². The maximum Gasteiger partial charge on any atom is 0.224 e. The number of nitrogens with zero attached hydrogens (tertiary/aromatic N) is 1. The van der Waals surface area contributed by atoms with Crippen LogP contribution < -0.4 is 5.73 Å². The Morgan fingerprint density at radius 1 is 1.27 bits per heavy atom. The quantitative estimate of drug-likeness (QED) is 0.918. The Hall–Kier alpha value is -1.91. The van der Waals surface area contributed by atoms with Gasteiger partial charge in [0.25, 0.3) is 0 Å². The number of carbonyl (C=O) groups excluding carboxylic acids is 1. The van der Waals surface area contributed by atoms with Crippen LogP contribution >= 0.6 is 11.6 Å². The van der Waals surface area contributed by atoms with E-state index in [1.54, 1.807) is 18.0 Å². The number of nitrogens with two attached hydrogens (primary N) is 1. The third kappa shape index (κ3) is 3.64. The molecule has 3 nitrogen and oxygen atoms in total. The molecule has 5 heteroatoms. The zero-order valence-electron chi connectivity index (χ0n) is 12.3. The van der Waals surface area contributed by atoms with E-state index < -0.39 is 5.82 Å². The van der Waals surface area contributed by atoms with Gasteiger partial charge in [-0.3, -0.25) is 4.79 Å². The number of hydrogen-bond acceptors (Lipinski definition) is 2. The number of rotatable bonds is 5. The summed E-state index contributed by atoms with van der Waals surface area (Å²) in [6.45, 7) is 0.280. The van der Waals surface area contributed by atoms with Crippen LogP contribution in [0.15, 0.2) is 48.5 Å². The minimum atomic E-state index is -0.406. The van der Waals surface area contributed by atoms with Crippen molar-refractivity contribution in [2.45, 2.75) is 12.5 Å². The highest BCUT2D eigenvalue weighted by Crippen LogP contribution is 2.33. The lowest BCUT2D eigenvalue weighted by molar-refractivity contribution is -0.131. The SMILES string of the molecule is CN(C(=O)CCN)[C@@H](c1ccccc1)c1ccc(F)cc1Cl. The molecule has 0 aliphatic rings. The van der Waals surface area contributed by atoms with Crippen molar-refractivity contribution in [3.63, 3.8) is 0 Å². The van der Waals surface area contributed by atoms with E-state index in [1.165, 1.54) is 12.1 Å². The Kier molecular flexibility index (Phi) is 5.52. The molecule has 1 atom stereocenters. The Labute approximate surface area is 134 Å². The van der Waals surface area contributed by atoms with Crippen molar-refractivity contribution in [3.8, 4) is 0 Å². The van der Waals surface area contributed by atoms with E-state index in [0.29, 0.717) is 10.6 Å². The van der Waals surface area contributed by atoms with Gasteiger partial charge in [-0.15, -0.1) is 0 Å². The zero-order valence-corrected chi connectivity index (χ0v) is 13.1. The summed E-state index contributed by atoms with van der Waals surface area (Å²) in [6, 6.07) is 13.3. The smallest absolute Gasteiger partial charge is 0.224 e. The molecule has 0 aliphatic heterocycles. The highest BCUT2D eigenvalue weighted by molar-refractivity contribution is 6.31. The molecule has 0 bridgehead atoms. The lowest BCUT2D eigenvalue weighted by Gasteiger charge is -2.30. The van der Waals surface area contributed by atoms with E-state index in [4.69, 9.17) is 17.3 Å². The highest BCUT2D eigenvalue weighted by atomic mass is 35.5. The second-order valence-electron chi connectivity index (χ2n) is 5.02. The van der Waals surface area contributed by atoms with Crippen molar-refractivity contribution >= 4 is 17.5 Å². The van der Waals surface area contributed by atoms with E-state index in [2.05, 4.69) is 0 Å². The Bertz CT molecular complexity index is 648. The summed E-state index contributed by atoms with van der Waals surface area (Å²) in [5.41, 5.74) is 7.06. The van der Waals surface area contributed by atoms with Crippen LogP contribution in [0.3, 0.4) is 0 Å². The molecule has 2 N–H and O–H groups in total. The zero-order chi connectivity index (χ0) is 16.1. The fourth-order valence-corrected chi connectivity index (χ4v) is 2.68. The summed E-state index contributed by atoms with van der Waals surface area (Å²) in [6.07, 6.45) is 0.249. The summed E-state index contributed by atoms with van der Waals surface area (Å²) in [5, 5.41) is 0.293. The average molecular weight is 321 g/mol. The largest absolute Gasteiger partial charge is 0.335 e. The van der Waals surface area contributed by atoms with Gasteiger partial charge in [0, 0.05) is 25.0 Å². The minimum absolute atomic E-state index is 0.0863. The third-order valence-corrected chi connectivity index (χ3v) is 3.84. The van der Waals surface area contributed by atoms with Crippen LogP contribution in [0.4, 0.5) is 4.39 Å².